The van der Waals surface area contributed by atoms with Gasteiger partial charge in [-0.1, -0.05) is 38.3 Å². The number of amides is 1. The molecule has 5 heteroatoms. The third-order valence-electron chi connectivity index (χ3n) is 4.04. The Kier molecular flexibility index (Phi) is 5.44. The second-order valence-electron chi connectivity index (χ2n) is 5.76. The molecule has 110 valence electrons. The van der Waals surface area contributed by atoms with Crippen LogP contribution in [0.15, 0.2) is 16.7 Å². The van der Waals surface area contributed by atoms with Crippen LogP contribution in [-0.4, -0.2) is 16.9 Å². The first-order valence-electron chi connectivity index (χ1n) is 7.11. The molecule has 1 heterocycles. The Morgan fingerprint density at radius 1 is 1.45 bits per heavy atom. The van der Waals surface area contributed by atoms with Crippen molar-refractivity contribution in [2.45, 2.75) is 45.6 Å². The quantitative estimate of drug-likeness (QED) is 0.811. The number of carbonyl (C=O) groups excluding carboxylic acids is 1. The van der Waals surface area contributed by atoms with Crippen LogP contribution in [0.25, 0.3) is 0 Å². The predicted octanol–water partition coefficient (Wildman–Crippen LogP) is 4.44. The number of aromatic nitrogens is 1. The molecule has 20 heavy (non-hydrogen) atoms. The molecule has 1 N–H and O–H groups in total. The Bertz CT molecular complexity index is 493. The highest BCUT2D eigenvalue weighted by atomic mass is 79.9. The fraction of sp³-hybridized carbons (Fsp3) is 0.600. The Labute approximate surface area is 133 Å². The van der Waals surface area contributed by atoms with Gasteiger partial charge in [-0.25, -0.2) is 4.98 Å². The molecule has 1 fully saturated rings. The molecule has 0 radical (unpaired) electrons. The number of hydrogen-bond acceptors (Lipinski definition) is 2. The van der Waals surface area contributed by atoms with Crippen molar-refractivity contribution in [3.8, 4) is 0 Å². The molecule has 2 atom stereocenters. The molecular formula is C15H20BrClN2O. The van der Waals surface area contributed by atoms with Crippen LogP contribution in [0.1, 0.15) is 49.9 Å². The van der Waals surface area contributed by atoms with Crippen molar-refractivity contribution >= 4 is 33.4 Å². The first-order valence-corrected chi connectivity index (χ1v) is 8.28. The van der Waals surface area contributed by atoms with Crippen LogP contribution < -0.4 is 5.32 Å². The molecule has 1 aromatic heterocycles. The molecule has 2 rings (SSSR count). The lowest BCUT2D eigenvalue weighted by Crippen LogP contribution is -2.44. The smallest absolute Gasteiger partial charge is 0.254 e. The molecule has 2 unspecified atom stereocenters. The number of nitrogens with one attached hydrogen (secondary N) is 1. The SMILES string of the molecule is CC(C)C1CCCCC1NC(=O)c1cc(Br)cnc1Cl. The highest BCUT2D eigenvalue weighted by Crippen LogP contribution is 2.30. The normalized spacial score (nSPS) is 22.9. The standard InChI is InChI=1S/C15H20BrClN2O/c1-9(2)11-5-3-4-6-13(11)19-15(20)12-7-10(16)8-18-14(12)17/h7-9,11,13H,3-6H2,1-2H3,(H,19,20). The van der Waals surface area contributed by atoms with Crippen LogP contribution in [0.2, 0.25) is 5.15 Å². The average molecular weight is 360 g/mol. The summed E-state index contributed by atoms with van der Waals surface area (Å²) >= 11 is 9.34. The van der Waals surface area contributed by atoms with Gasteiger partial charge in [-0.15, -0.1) is 0 Å². The van der Waals surface area contributed by atoms with Crippen molar-refractivity contribution < 1.29 is 4.79 Å². The number of rotatable bonds is 3. The van der Waals surface area contributed by atoms with E-state index in [0.29, 0.717) is 17.4 Å². The number of nitrogens with zero attached hydrogens (tertiary/aromatic N) is 1. The van der Waals surface area contributed by atoms with E-state index in [4.69, 9.17) is 11.6 Å². The molecule has 1 amide bonds. The number of halogens is 2. The summed E-state index contributed by atoms with van der Waals surface area (Å²) in [5.41, 5.74) is 0.439. The van der Waals surface area contributed by atoms with Gasteiger partial charge in [0.15, 0.2) is 0 Å². The maximum absolute atomic E-state index is 12.4. The van der Waals surface area contributed by atoms with Crippen LogP contribution >= 0.6 is 27.5 Å². The monoisotopic (exact) mass is 358 g/mol. The van der Waals surface area contributed by atoms with E-state index in [0.717, 1.165) is 10.9 Å². The minimum Gasteiger partial charge on any atom is -0.349 e. The molecule has 0 aliphatic heterocycles. The van der Waals surface area contributed by atoms with Crippen molar-refractivity contribution in [3.63, 3.8) is 0 Å². The largest absolute Gasteiger partial charge is 0.349 e. The molecular weight excluding hydrogens is 340 g/mol. The summed E-state index contributed by atoms with van der Waals surface area (Å²) < 4.78 is 0.760. The van der Waals surface area contributed by atoms with Gasteiger partial charge < -0.3 is 5.32 Å². The minimum absolute atomic E-state index is 0.124. The van der Waals surface area contributed by atoms with Crippen molar-refractivity contribution in [3.05, 3.63) is 27.5 Å². The Morgan fingerprint density at radius 2 is 2.15 bits per heavy atom. The second-order valence-corrected chi connectivity index (χ2v) is 7.04. The zero-order chi connectivity index (χ0) is 14.7. The molecule has 1 aliphatic carbocycles. The summed E-state index contributed by atoms with van der Waals surface area (Å²) in [5.74, 6) is 1.00. The summed E-state index contributed by atoms with van der Waals surface area (Å²) in [6, 6.07) is 1.96. The number of carbonyl (C=O) groups is 1. The first kappa shape index (κ1) is 15.8. The van der Waals surface area contributed by atoms with Crippen molar-refractivity contribution in [1.29, 1.82) is 0 Å². The molecule has 1 aliphatic rings. The van der Waals surface area contributed by atoms with Crippen LogP contribution in [0.3, 0.4) is 0 Å². The van der Waals surface area contributed by atoms with Crippen molar-refractivity contribution in [2.24, 2.45) is 11.8 Å². The maximum Gasteiger partial charge on any atom is 0.254 e. The van der Waals surface area contributed by atoms with Crippen LogP contribution in [-0.2, 0) is 0 Å². The van der Waals surface area contributed by atoms with Gasteiger partial charge in [-0.2, -0.15) is 0 Å². The highest BCUT2D eigenvalue weighted by Gasteiger charge is 2.29. The van der Waals surface area contributed by atoms with Gasteiger partial charge in [0.05, 0.1) is 5.56 Å². The summed E-state index contributed by atoms with van der Waals surface area (Å²) in [4.78, 5) is 16.4. The van der Waals surface area contributed by atoms with Gasteiger partial charge in [-0.3, -0.25) is 4.79 Å². The Balaban J connectivity index is 2.11. The van der Waals surface area contributed by atoms with Gasteiger partial charge in [0.2, 0.25) is 0 Å². The minimum atomic E-state index is -0.124. The van der Waals surface area contributed by atoms with Crippen LogP contribution in [0.4, 0.5) is 0 Å². The molecule has 1 saturated carbocycles. The van der Waals surface area contributed by atoms with Gasteiger partial charge >= 0.3 is 0 Å². The summed E-state index contributed by atoms with van der Waals surface area (Å²) in [7, 11) is 0. The van der Waals surface area contributed by atoms with E-state index >= 15 is 0 Å². The predicted molar refractivity (Wildman–Crippen MR) is 85.0 cm³/mol. The first-order chi connectivity index (χ1) is 9.49. The topological polar surface area (TPSA) is 42.0 Å². The molecule has 1 aromatic rings. The van der Waals surface area contributed by atoms with E-state index in [1.54, 1.807) is 12.3 Å². The van der Waals surface area contributed by atoms with Gasteiger partial charge in [0, 0.05) is 16.7 Å². The lowest BCUT2D eigenvalue weighted by atomic mass is 9.78. The summed E-state index contributed by atoms with van der Waals surface area (Å²) in [6.07, 6.45) is 6.27. The van der Waals surface area contributed by atoms with Gasteiger partial charge in [-0.05, 0) is 46.7 Å². The third kappa shape index (κ3) is 3.73. The van der Waals surface area contributed by atoms with E-state index in [9.17, 15) is 4.79 Å². The van der Waals surface area contributed by atoms with Gasteiger partial charge in [0.25, 0.3) is 5.91 Å². The fourth-order valence-electron chi connectivity index (χ4n) is 2.96. The maximum atomic E-state index is 12.4. The van der Waals surface area contributed by atoms with Crippen molar-refractivity contribution in [1.82, 2.24) is 10.3 Å². The van der Waals surface area contributed by atoms with Crippen molar-refractivity contribution in [2.75, 3.05) is 0 Å². The lowest BCUT2D eigenvalue weighted by Gasteiger charge is -2.34. The van der Waals surface area contributed by atoms with E-state index in [1.165, 1.54) is 19.3 Å². The average Bonchev–Trinajstić information content (AvgIpc) is 2.41. The Hall–Kier alpha value is -0.610. The van der Waals surface area contributed by atoms with Crippen LogP contribution in [0, 0.1) is 11.8 Å². The van der Waals surface area contributed by atoms with Gasteiger partial charge in [0.1, 0.15) is 5.15 Å². The highest BCUT2D eigenvalue weighted by molar-refractivity contribution is 9.10. The van der Waals surface area contributed by atoms with E-state index in [-0.39, 0.29) is 17.1 Å². The van der Waals surface area contributed by atoms with E-state index < -0.39 is 0 Å². The lowest BCUT2D eigenvalue weighted by molar-refractivity contribution is 0.0889. The fourth-order valence-corrected chi connectivity index (χ4v) is 3.49. The molecule has 0 saturated heterocycles. The van der Waals surface area contributed by atoms with E-state index in [2.05, 4.69) is 40.1 Å². The summed E-state index contributed by atoms with van der Waals surface area (Å²) in [5, 5.41) is 3.40. The molecule has 3 nitrogen and oxygen atoms in total. The molecule has 0 bridgehead atoms. The molecule has 0 spiro atoms. The number of pyridine rings is 1. The summed E-state index contributed by atoms with van der Waals surface area (Å²) in [6.45, 7) is 4.45. The zero-order valence-corrected chi connectivity index (χ0v) is 14.2. The second kappa shape index (κ2) is 6.90. The number of hydrogen-bond donors (Lipinski definition) is 1. The molecule has 0 aromatic carbocycles. The Morgan fingerprint density at radius 3 is 2.85 bits per heavy atom. The third-order valence-corrected chi connectivity index (χ3v) is 4.78. The van der Waals surface area contributed by atoms with Crippen LogP contribution in [0.5, 0.6) is 0 Å². The van der Waals surface area contributed by atoms with E-state index in [1.807, 2.05) is 0 Å². The zero-order valence-electron chi connectivity index (χ0n) is 11.8.